The predicted molar refractivity (Wildman–Crippen MR) is 136 cm³/mol. The van der Waals surface area contributed by atoms with Crippen LogP contribution in [0.4, 0.5) is 10.5 Å². The summed E-state index contributed by atoms with van der Waals surface area (Å²) in [6.07, 6.45) is 8.58. The average molecular weight is 460 g/mol. The Hall–Kier alpha value is -1.33. The second-order valence-electron chi connectivity index (χ2n) is 13.0. The van der Waals surface area contributed by atoms with Crippen molar-refractivity contribution in [1.29, 1.82) is 0 Å². The number of hydrogen-bond acceptors (Lipinski definition) is 3. The van der Waals surface area contributed by atoms with Gasteiger partial charge in [-0.2, -0.15) is 0 Å². The van der Waals surface area contributed by atoms with Crippen LogP contribution in [0, 0.1) is 10.8 Å². The van der Waals surface area contributed by atoms with E-state index in [-0.39, 0.29) is 5.04 Å². The first kappa shape index (κ1) is 25.3. The van der Waals surface area contributed by atoms with Crippen LogP contribution in [-0.2, 0) is 15.6 Å². The molecule has 4 nitrogen and oxygen atoms in total. The van der Waals surface area contributed by atoms with E-state index in [2.05, 4.69) is 51.3 Å². The lowest BCUT2D eigenvalue weighted by Crippen LogP contribution is -2.49. The smallest absolute Gasteiger partial charge is 0.412 e. The molecule has 0 aromatic heterocycles. The Kier molecular flexibility index (Phi) is 6.95. The van der Waals surface area contributed by atoms with Crippen LogP contribution < -0.4 is 5.32 Å². The third-order valence-corrected chi connectivity index (χ3v) is 12.8. The topological polar surface area (TPSA) is 47.6 Å². The van der Waals surface area contributed by atoms with Gasteiger partial charge in [0.1, 0.15) is 5.60 Å². The van der Waals surface area contributed by atoms with Gasteiger partial charge in [-0.1, -0.05) is 32.9 Å². The van der Waals surface area contributed by atoms with Crippen molar-refractivity contribution in [3.8, 4) is 0 Å². The normalized spacial score (nSPS) is 26.1. The average Bonchev–Trinajstić information content (AvgIpc) is 2.67. The molecule has 1 amide bonds. The molecule has 4 rings (SSSR count). The summed E-state index contributed by atoms with van der Waals surface area (Å²) in [5.74, 6) is 0. The highest BCUT2D eigenvalue weighted by Crippen LogP contribution is 2.58. The fraction of sp³-hybridized carbons (Fsp3) is 0.741. The molecule has 0 radical (unpaired) electrons. The fourth-order valence-corrected chi connectivity index (χ4v) is 6.03. The lowest BCUT2D eigenvalue weighted by atomic mass is 9.52. The van der Waals surface area contributed by atoms with E-state index < -0.39 is 20.0 Å². The summed E-state index contributed by atoms with van der Waals surface area (Å²) in [6, 6.07) is 8.33. The Labute approximate surface area is 197 Å². The van der Waals surface area contributed by atoms with Crippen LogP contribution in [0.15, 0.2) is 24.3 Å². The summed E-state index contributed by atoms with van der Waals surface area (Å²) in [4.78, 5) is 12.0. The SMILES string of the molecule is CC(C)(C)OC(=O)Nc1ccc(CC23CCC(CO[Si](C)(C)C(C)(C)C)(CC2)CC3)cc1. The van der Waals surface area contributed by atoms with Gasteiger partial charge in [0.2, 0.25) is 0 Å². The van der Waals surface area contributed by atoms with E-state index >= 15 is 0 Å². The zero-order valence-electron chi connectivity index (χ0n) is 21.7. The van der Waals surface area contributed by atoms with E-state index in [0.717, 1.165) is 18.7 Å². The number of anilines is 1. The highest BCUT2D eigenvalue weighted by molar-refractivity contribution is 6.74. The maximum absolute atomic E-state index is 12.0. The number of benzene rings is 1. The van der Waals surface area contributed by atoms with Crippen molar-refractivity contribution in [3.05, 3.63) is 29.8 Å². The molecule has 3 aliphatic rings. The Morgan fingerprint density at radius 2 is 1.41 bits per heavy atom. The number of hydrogen-bond donors (Lipinski definition) is 1. The van der Waals surface area contributed by atoms with Gasteiger partial charge in [-0.3, -0.25) is 5.32 Å². The zero-order chi connectivity index (χ0) is 23.8. The minimum Gasteiger partial charge on any atom is -0.444 e. The molecular weight excluding hydrogens is 414 g/mol. The van der Waals surface area contributed by atoms with Crippen molar-refractivity contribution >= 4 is 20.1 Å². The first-order valence-corrected chi connectivity index (χ1v) is 15.3. The summed E-state index contributed by atoms with van der Waals surface area (Å²) in [6.45, 7) is 18.3. The molecule has 0 spiro atoms. The van der Waals surface area contributed by atoms with Crippen LogP contribution in [0.5, 0.6) is 0 Å². The summed E-state index contributed by atoms with van der Waals surface area (Å²) in [7, 11) is -1.68. The van der Waals surface area contributed by atoms with Crippen molar-refractivity contribution in [2.45, 2.75) is 110 Å². The molecule has 0 unspecified atom stereocenters. The number of nitrogens with one attached hydrogen (secondary N) is 1. The molecule has 0 aliphatic heterocycles. The lowest BCUT2D eigenvalue weighted by Gasteiger charge is -2.54. The van der Waals surface area contributed by atoms with Crippen LogP contribution in [-0.4, -0.2) is 26.6 Å². The Bertz CT molecular complexity index is 777. The third-order valence-electron chi connectivity index (χ3n) is 8.28. The maximum atomic E-state index is 12.0. The Morgan fingerprint density at radius 3 is 1.88 bits per heavy atom. The molecule has 3 fully saturated rings. The molecule has 0 saturated heterocycles. The lowest BCUT2D eigenvalue weighted by molar-refractivity contribution is -0.0385. The van der Waals surface area contributed by atoms with Gasteiger partial charge in [0.05, 0.1) is 0 Å². The van der Waals surface area contributed by atoms with Gasteiger partial charge < -0.3 is 9.16 Å². The van der Waals surface area contributed by atoms with E-state index in [9.17, 15) is 4.79 Å². The first-order valence-electron chi connectivity index (χ1n) is 12.4. The van der Waals surface area contributed by atoms with Crippen molar-refractivity contribution in [3.63, 3.8) is 0 Å². The van der Waals surface area contributed by atoms with Gasteiger partial charge in [0, 0.05) is 12.3 Å². The van der Waals surface area contributed by atoms with Crippen LogP contribution in [0.3, 0.4) is 0 Å². The van der Waals surface area contributed by atoms with Crippen LogP contribution in [0.2, 0.25) is 18.1 Å². The van der Waals surface area contributed by atoms with E-state index in [4.69, 9.17) is 9.16 Å². The Morgan fingerprint density at radius 1 is 0.906 bits per heavy atom. The number of rotatable bonds is 6. The van der Waals surface area contributed by atoms with Gasteiger partial charge in [0.15, 0.2) is 8.32 Å². The largest absolute Gasteiger partial charge is 0.444 e. The van der Waals surface area contributed by atoms with Gasteiger partial charge in [-0.05, 0) is 112 Å². The quantitative estimate of drug-likeness (QED) is 0.439. The molecule has 32 heavy (non-hydrogen) atoms. The highest BCUT2D eigenvalue weighted by Gasteiger charge is 2.49. The molecule has 2 bridgehead atoms. The molecule has 3 aliphatic carbocycles. The van der Waals surface area contributed by atoms with E-state index in [0.29, 0.717) is 10.8 Å². The number of carbonyl (C=O) groups is 1. The summed E-state index contributed by atoms with van der Waals surface area (Å²) in [5, 5.41) is 3.11. The molecule has 5 heteroatoms. The second-order valence-corrected chi connectivity index (χ2v) is 17.9. The molecule has 1 aromatic carbocycles. The van der Waals surface area contributed by atoms with Crippen LogP contribution >= 0.6 is 0 Å². The van der Waals surface area contributed by atoms with Crippen molar-refractivity contribution in [2.75, 3.05) is 11.9 Å². The summed E-state index contributed by atoms with van der Waals surface area (Å²) >= 11 is 0. The van der Waals surface area contributed by atoms with Gasteiger partial charge in [-0.25, -0.2) is 4.79 Å². The number of fused-ring (bicyclic) bond motifs is 3. The van der Waals surface area contributed by atoms with Crippen molar-refractivity contribution < 1.29 is 14.0 Å². The predicted octanol–water partition coefficient (Wildman–Crippen LogP) is 7.94. The number of amides is 1. The minimum atomic E-state index is -1.68. The summed E-state index contributed by atoms with van der Waals surface area (Å²) in [5.41, 5.74) is 2.52. The molecule has 3 saturated carbocycles. The third kappa shape index (κ3) is 6.16. The molecule has 0 atom stereocenters. The molecule has 180 valence electrons. The summed E-state index contributed by atoms with van der Waals surface area (Å²) < 4.78 is 12.0. The van der Waals surface area contributed by atoms with Gasteiger partial charge in [0.25, 0.3) is 0 Å². The van der Waals surface area contributed by atoms with Crippen LogP contribution in [0.25, 0.3) is 0 Å². The molecule has 0 heterocycles. The molecular formula is C27H45NO3Si. The van der Waals surface area contributed by atoms with Gasteiger partial charge in [-0.15, -0.1) is 0 Å². The minimum absolute atomic E-state index is 0.279. The number of ether oxygens (including phenoxy) is 1. The van der Waals surface area contributed by atoms with Crippen molar-refractivity contribution in [1.82, 2.24) is 0 Å². The van der Waals surface area contributed by atoms with Gasteiger partial charge >= 0.3 is 6.09 Å². The number of carbonyl (C=O) groups excluding carboxylic acids is 1. The van der Waals surface area contributed by atoms with E-state index in [1.54, 1.807) is 0 Å². The maximum Gasteiger partial charge on any atom is 0.412 e. The van der Waals surface area contributed by atoms with Crippen molar-refractivity contribution in [2.24, 2.45) is 10.8 Å². The standard InChI is InChI=1S/C27H45NO3Si/c1-24(2,3)31-23(29)28-22-11-9-21(10-12-22)19-26-13-16-27(17-14-26,18-15-26)20-30-32(7,8)25(4,5)6/h9-12H,13-20H2,1-8H3,(H,28,29). The molecule has 1 N–H and O–H groups in total. The van der Waals surface area contributed by atoms with E-state index in [1.165, 1.54) is 44.1 Å². The fourth-order valence-electron chi connectivity index (χ4n) is 4.93. The Balaban J connectivity index is 1.53. The zero-order valence-corrected chi connectivity index (χ0v) is 22.7. The monoisotopic (exact) mass is 459 g/mol. The highest BCUT2D eigenvalue weighted by atomic mass is 28.4. The second kappa shape index (κ2) is 8.79. The first-order chi connectivity index (χ1) is 14.6. The van der Waals surface area contributed by atoms with E-state index in [1.807, 2.05) is 32.9 Å². The molecule has 1 aromatic rings. The van der Waals surface area contributed by atoms with Crippen LogP contribution in [0.1, 0.15) is 85.6 Å².